The molecule has 1 aliphatic carbocycles. The van der Waals surface area contributed by atoms with E-state index in [1.807, 2.05) is 6.07 Å². The van der Waals surface area contributed by atoms with Crippen molar-refractivity contribution in [1.82, 2.24) is 14.8 Å². The van der Waals surface area contributed by atoms with Crippen LogP contribution in [0.3, 0.4) is 0 Å². The van der Waals surface area contributed by atoms with Gasteiger partial charge < -0.3 is 11.1 Å². The van der Waals surface area contributed by atoms with Crippen molar-refractivity contribution in [3.8, 4) is 0 Å². The van der Waals surface area contributed by atoms with Crippen LogP contribution in [0.2, 0.25) is 0 Å². The maximum atomic E-state index is 13.3. The zero-order chi connectivity index (χ0) is 22.0. The lowest BCUT2D eigenvalue weighted by Gasteiger charge is -2.26. The summed E-state index contributed by atoms with van der Waals surface area (Å²) in [6.07, 6.45) is 9.09. The van der Waals surface area contributed by atoms with Crippen LogP contribution in [0.1, 0.15) is 44.6 Å². The smallest absolute Gasteiger partial charge is 0.250 e. The molecule has 0 saturated heterocycles. The number of aromatic nitrogens is 3. The molecule has 0 aliphatic heterocycles. The predicted molar refractivity (Wildman–Crippen MR) is 120 cm³/mol. The van der Waals surface area contributed by atoms with Crippen LogP contribution in [-0.2, 0) is 14.6 Å². The lowest BCUT2D eigenvalue weighted by molar-refractivity contribution is -0.120. The van der Waals surface area contributed by atoms with Crippen LogP contribution in [0.25, 0.3) is 10.9 Å². The minimum Gasteiger partial charge on any atom is -0.383 e. The highest BCUT2D eigenvalue weighted by Gasteiger charge is 2.29. The van der Waals surface area contributed by atoms with E-state index in [4.69, 9.17) is 5.73 Å². The molecule has 2 aromatic heterocycles. The number of fused-ring (bicyclic) bond motifs is 1. The third-order valence-electron chi connectivity index (χ3n) is 5.93. The lowest BCUT2D eigenvalue weighted by atomic mass is 9.84. The van der Waals surface area contributed by atoms with E-state index in [0.29, 0.717) is 29.1 Å². The molecule has 3 aromatic rings. The number of carbonyl (C=O) groups is 1. The van der Waals surface area contributed by atoms with Crippen molar-refractivity contribution in [3.63, 3.8) is 0 Å². The Morgan fingerprint density at radius 1 is 1.23 bits per heavy atom. The van der Waals surface area contributed by atoms with Gasteiger partial charge in [-0.05, 0) is 42.7 Å². The van der Waals surface area contributed by atoms with Crippen molar-refractivity contribution < 1.29 is 13.2 Å². The number of rotatable bonds is 6. The molecular weight excluding hydrogens is 414 g/mol. The molecule has 1 unspecified atom stereocenters. The molecule has 2 heterocycles. The Labute approximate surface area is 181 Å². The first kappa shape index (κ1) is 21.3. The van der Waals surface area contributed by atoms with Crippen LogP contribution < -0.4 is 11.1 Å². The number of hydrogen-bond acceptors (Lipinski definition) is 6. The van der Waals surface area contributed by atoms with Crippen molar-refractivity contribution in [2.45, 2.75) is 49.5 Å². The third-order valence-corrected chi connectivity index (χ3v) is 7.04. The monoisotopic (exact) mass is 441 g/mol. The summed E-state index contributed by atoms with van der Waals surface area (Å²) >= 11 is 0. The van der Waals surface area contributed by atoms with Crippen LogP contribution in [0.5, 0.6) is 0 Å². The van der Waals surface area contributed by atoms with Gasteiger partial charge in [-0.3, -0.25) is 4.79 Å². The zero-order valence-electron chi connectivity index (χ0n) is 17.5. The quantitative estimate of drug-likeness (QED) is 0.603. The number of benzene rings is 1. The Morgan fingerprint density at radius 3 is 2.68 bits per heavy atom. The molecule has 1 atom stereocenters. The fraction of sp³-hybridized carbons (Fsp3) is 0.409. The third kappa shape index (κ3) is 4.71. The molecule has 9 heteroatoms. The molecule has 1 aromatic carbocycles. The second kappa shape index (κ2) is 8.66. The van der Waals surface area contributed by atoms with E-state index in [1.165, 1.54) is 18.6 Å². The van der Waals surface area contributed by atoms with E-state index in [1.54, 1.807) is 29.1 Å². The van der Waals surface area contributed by atoms with Crippen molar-refractivity contribution in [3.05, 3.63) is 42.6 Å². The SMILES string of the molecule is CS(=O)(=O)c1ccc2nn(C(CC3CCCCC3)C(=O)Nc3ccccn3)c(N)c2c1. The second-order valence-electron chi connectivity index (χ2n) is 8.24. The van der Waals surface area contributed by atoms with E-state index in [0.717, 1.165) is 31.9 Å². The topological polar surface area (TPSA) is 120 Å². The first-order valence-electron chi connectivity index (χ1n) is 10.5. The van der Waals surface area contributed by atoms with E-state index in [2.05, 4.69) is 15.4 Å². The highest BCUT2D eigenvalue weighted by Crippen LogP contribution is 2.34. The molecule has 164 valence electrons. The highest BCUT2D eigenvalue weighted by atomic mass is 32.2. The highest BCUT2D eigenvalue weighted by molar-refractivity contribution is 7.90. The van der Waals surface area contributed by atoms with Crippen molar-refractivity contribution >= 4 is 38.3 Å². The number of hydrogen-bond donors (Lipinski definition) is 2. The number of nitrogens with zero attached hydrogens (tertiary/aromatic N) is 3. The summed E-state index contributed by atoms with van der Waals surface area (Å²) in [7, 11) is -3.38. The van der Waals surface area contributed by atoms with Gasteiger partial charge in [-0.1, -0.05) is 38.2 Å². The maximum absolute atomic E-state index is 13.3. The van der Waals surface area contributed by atoms with Gasteiger partial charge in [0.15, 0.2) is 9.84 Å². The summed E-state index contributed by atoms with van der Waals surface area (Å²) in [6, 6.07) is 9.38. The van der Waals surface area contributed by atoms with E-state index in [-0.39, 0.29) is 16.6 Å². The number of amides is 1. The van der Waals surface area contributed by atoms with Crippen LogP contribution >= 0.6 is 0 Å². The zero-order valence-corrected chi connectivity index (χ0v) is 18.3. The standard InChI is InChI=1S/C22H27N5O3S/c1-31(29,30)16-10-11-18-17(14-16)21(23)27(26-18)19(13-15-7-3-2-4-8-15)22(28)25-20-9-5-6-12-24-20/h5-6,9-12,14-15,19H,2-4,7-8,13,23H2,1H3,(H,24,25,28). The Morgan fingerprint density at radius 2 is 2.00 bits per heavy atom. The molecule has 1 aliphatic rings. The molecule has 31 heavy (non-hydrogen) atoms. The van der Waals surface area contributed by atoms with E-state index >= 15 is 0 Å². The molecule has 1 saturated carbocycles. The van der Waals surface area contributed by atoms with Crippen LogP contribution in [0.15, 0.2) is 47.5 Å². The summed E-state index contributed by atoms with van der Waals surface area (Å²) in [5.41, 5.74) is 6.96. The molecular formula is C22H27N5O3S. The predicted octanol–water partition coefficient (Wildman–Crippen LogP) is 3.57. The van der Waals surface area contributed by atoms with Gasteiger partial charge in [0, 0.05) is 17.8 Å². The molecule has 0 bridgehead atoms. The molecule has 1 amide bonds. The fourth-order valence-corrected chi connectivity index (χ4v) is 4.92. The van der Waals surface area contributed by atoms with Crippen molar-refractivity contribution in [2.75, 3.05) is 17.3 Å². The Bertz CT molecular complexity index is 1180. The number of nitrogens with two attached hydrogens (primary N) is 1. The van der Waals surface area contributed by atoms with Gasteiger partial charge >= 0.3 is 0 Å². The van der Waals surface area contributed by atoms with Gasteiger partial charge in [0.2, 0.25) is 5.91 Å². The second-order valence-corrected chi connectivity index (χ2v) is 10.3. The van der Waals surface area contributed by atoms with Gasteiger partial charge in [0.25, 0.3) is 0 Å². The summed E-state index contributed by atoms with van der Waals surface area (Å²) in [6.45, 7) is 0. The number of nitrogens with one attached hydrogen (secondary N) is 1. The number of sulfone groups is 1. The van der Waals surface area contributed by atoms with Gasteiger partial charge in [0.05, 0.1) is 10.4 Å². The van der Waals surface area contributed by atoms with Gasteiger partial charge in [0.1, 0.15) is 17.7 Å². The van der Waals surface area contributed by atoms with E-state index in [9.17, 15) is 13.2 Å². The number of nitrogen functional groups attached to an aromatic ring is 1. The van der Waals surface area contributed by atoms with Crippen LogP contribution in [-0.4, -0.2) is 35.3 Å². The van der Waals surface area contributed by atoms with Gasteiger partial charge in [-0.2, -0.15) is 5.10 Å². The number of anilines is 2. The van der Waals surface area contributed by atoms with Crippen molar-refractivity contribution in [2.24, 2.45) is 5.92 Å². The molecule has 4 rings (SSSR count). The fourth-order valence-electron chi connectivity index (χ4n) is 4.27. The average Bonchev–Trinajstić information content (AvgIpc) is 3.08. The summed E-state index contributed by atoms with van der Waals surface area (Å²) in [5, 5.41) is 7.98. The van der Waals surface area contributed by atoms with E-state index < -0.39 is 15.9 Å². The summed E-state index contributed by atoms with van der Waals surface area (Å²) in [4.78, 5) is 17.6. The largest absolute Gasteiger partial charge is 0.383 e. The molecule has 8 nitrogen and oxygen atoms in total. The first-order valence-corrected chi connectivity index (χ1v) is 12.4. The van der Waals surface area contributed by atoms with Gasteiger partial charge in [-0.15, -0.1) is 0 Å². The lowest BCUT2D eigenvalue weighted by Crippen LogP contribution is -2.30. The molecule has 3 N–H and O–H groups in total. The minimum absolute atomic E-state index is 0.174. The Kier molecular flexibility index (Phi) is 5.95. The van der Waals surface area contributed by atoms with Gasteiger partial charge in [-0.25, -0.2) is 18.1 Å². The van der Waals surface area contributed by atoms with Crippen LogP contribution in [0, 0.1) is 5.92 Å². The molecule has 0 spiro atoms. The Balaban J connectivity index is 1.72. The summed E-state index contributed by atoms with van der Waals surface area (Å²) in [5.74, 6) is 0.937. The first-order chi connectivity index (χ1) is 14.8. The Hall–Kier alpha value is -2.94. The average molecular weight is 442 g/mol. The number of carbonyl (C=O) groups excluding carboxylic acids is 1. The maximum Gasteiger partial charge on any atom is 0.250 e. The minimum atomic E-state index is -3.38. The number of pyridine rings is 1. The molecule has 0 radical (unpaired) electrons. The normalized spacial score (nSPS) is 16.3. The van der Waals surface area contributed by atoms with Crippen molar-refractivity contribution in [1.29, 1.82) is 0 Å². The van der Waals surface area contributed by atoms with Crippen LogP contribution in [0.4, 0.5) is 11.6 Å². The summed E-state index contributed by atoms with van der Waals surface area (Å²) < 4.78 is 25.5. The molecule has 1 fully saturated rings.